The van der Waals surface area contributed by atoms with Gasteiger partial charge in [0, 0.05) is 0 Å². The molecule has 0 aromatic rings. The van der Waals surface area contributed by atoms with Gasteiger partial charge in [-0.25, -0.2) is 0 Å². The second-order valence-corrected chi connectivity index (χ2v) is 21.2. The van der Waals surface area contributed by atoms with Crippen molar-refractivity contribution in [2.24, 2.45) is 50.7 Å². The van der Waals surface area contributed by atoms with Crippen LogP contribution in [0.2, 0.25) is 0 Å². The molecule has 10 N–H and O–H groups in total. The lowest BCUT2D eigenvalue weighted by atomic mass is 9.41. The predicted molar refractivity (Wildman–Crippen MR) is 200 cm³/mol. The van der Waals surface area contributed by atoms with Gasteiger partial charge in [-0.3, -0.25) is 0 Å². The molecule has 22 atom stereocenters. The molecule has 2 spiro atoms. The summed E-state index contributed by atoms with van der Waals surface area (Å²) in [5.41, 5.74) is -2.35. The third kappa shape index (κ3) is 6.32. The van der Waals surface area contributed by atoms with Crippen molar-refractivity contribution in [3.05, 3.63) is 0 Å². The predicted octanol–water partition coefficient (Wildman–Crippen LogP) is 0.952. The van der Waals surface area contributed by atoms with Crippen LogP contribution < -0.4 is 0 Å². The average molecular weight is 801 g/mol. The van der Waals surface area contributed by atoms with Gasteiger partial charge < -0.3 is 70.0 Å². The number of hydrogen-bond acceptors (Lipinski definition) is 14. The van der Waals surface area contributed by atoms with Crippen molar-refractivity contribution in [3.8, 4) is 0 Å². The van der Waals surface area contributed by atoms with Crippen LogP contribution in [0, 0.1) is 50.7 Å². The Kier molecular flexibility index (Phi) is 11.3. The molecule has 0 amide bonds. The summed E-state index contributed by atoms with van der Waals surface area (Å²) in [5, 5.41) is 109. The number of aliphatic hydroxyl groups is 10. The smallest absolute Gasteiger partial charge is 0.187 e. The quantitative estimate of drug-likeness (QED) is 0.139. The highest BCUT2D eigenvalue weighted by molar-refractivity contribution is 5.32. The van der Waals surface area contributed by atoms with E-state index in [2.05, 4.69) is 34.6 Å². The van der Waals surface area contributed by atoms with Gasteiger partial charge in [-0.1, -0.05) is 34.6 Å². The molecule has 2 heterocycles. The Hall–Kier alpha value is -0.560. The van der Waals surface area contributed by atoms with Gasteiger partial charge >= 0.3 is 0 Å². The second kappa shape index (κ2) is 14.5. The fourth-order valence-corrected chi connectivity index (χ4v) is 14.4. The molecule has 56 heavy (non-hydrogen) atoms. The monoisotopic (exact) mass is 800 g/mol. The fourth-order valence-electron chi connectivity index (χ4n) is 14.4. The third-order valence-corrected chi connectivity index (χ3v) is 17.6. The Balaban J connectivity index is 1.10. The molecule has 7 fully saturated rings. The lowest BCUT2D eigenvalue weighted by Crippen LogP contribution is -2.65. The molecule has 14 heteroatoms. The molecular formula is C42H72O14. The molecule has 0 aromatic carbocycles. The van der Waals surface area contributed by atoms with Crippen molar-refractivity contribution in [3.63, 3.8) is 0 Å². The van der Waals surface area contributed by atoms with Crippen molar-refractivity contribution in [1.29, 1.82) is 0 Å². The maximum absolute atomic E-state index is 12.4. The molecule has 7 aliphatic rings. The van der Waals surface area contributed by atoms with Crippen LogP contribution in [-0.4, -0.2) is 149 Å². The van der Waals surface area contributed by atoms with E-state index >= 15 is 0 Å². The maximum atomic E-state index is 12.4. The van der Waals surface area contributed by atoms with E-state index in [1.807, 2.05) is 0 Å². The SMILES string of the molecule is C[C@H](CC[C@@H](O)C(C)(C)O)[C@H]1[C@@H](O)C[C@@]2(C)[C@@H]3[C@@H](O)C[C@H]4C(C)(C)[C@@H](O[C@@H]5O[C@H](CO)[C@@H](O)[C@H](O)[C@H]5O[C@@H]5O[C@@H](C)[C@H](O)[C@@H](O)[C@H]5O)CC[C@@]45C[C@@]35CC[C@]12C. The molecule has 324 valence electrons. The number of ether oxygens (including phenoxy) is 4. The zero-order chi connectivity index (χ0) is 41.3. The van der Waals surface area contributed by atoms with Crippen molar-refractivity contribution < 1.29 is 70.0 Å². The van der Waals surface area contributed by atoms with E-state index in [9.17, 15) is 51.1 Å². The molecule has 2 aliphatic heterocycles. The number of hydrogen-bond donors (Lipinski definition) is 10. The molecule has 5 saturated carbocycles. The number of fused-ring (bicyclic) bond motifs is 2. The summed E-state index contributed by atoms with van der Waals surface area (Å²) < 4.78 is 24.5. The minimum atomic E-state index is -1.67. The van der Waals surface area contributed by atoms with Gasteiger partial charge in [-0.05, 0) is 129 Å². The van der Waals surface area contributed by atoms with Crippen molar-refractivity contribution in [2.75, 3.05) is 6.61 Å². The molecule has 14 nitrogen and oxygen atoms in total. The molecule has 5 aliphatic carbocycles. The lowest BCUT2D eigenvalue weighted by molar-refractivity contribution is -0.375. The van der Waals surface area contributed by atoms with Crippen LogP contribution in [0.5, 0.6) is 0 Å². The van der Waals surface area contributed by atoms with E-state index < -0.39 is 103 Å². The summed E-state index contributed by atoms with van der Waals surface area (Å²) in [6, 6.07) is 0. The van der Waals surface area contributed by atoms with Crippen LogP contribution in [0.3, 0.4) is 0 Å². The topological polar surface area (TPSA) is 239 Å². The standard InChI is InChI=1S/C42H72O14/c1-19(9-10-25(46)38(5,6)52)27-22(45)16-40(8)34-21(44)15-24-37(3,4)26(11-12-41(24)18-42(34,41)14-13-39(27,40)7)55-36-33(31(50)29(48)23(17-43)54-36)56-35-32(51)30(49)28(47)20(2)53-35/h19-36,43-52H,9-18H2,1-8H3/t19-,20+,21+,22+,23-,24+,25-,26+,27+,28+,29-,30-,31+,32-,33-,34+,35+,36+,39-,40+,41-,42+/m1/s1. The first-order valence-electron chi connectivity index (χ1n) is 21.3. The van der Waals surface area contributed by atoms with E-state index in [0.717, 1.165) is 25.7 Å². The van der Waals surface area contributed by atoms with Crippen LogP contribution >= 0.6 is 0 Å². The second-order valence-electron chi connectivity index (χ2n) is 21.2. The normalized spacial score (nSPS) is 55.0. The Morgan fingerprint density at radius 2 is 1.45 bits per heavy atom. The van der Waals surface area contributed by atoms with Crippen molar-refractivity contribution in [2.45, 2.75) is 205 Å². The van der Waals surface area contributed by atoms with Gasteiger partial charge in [0.15, 0.2) is 12.6 Å². The van der Waals surface area contributed by atoms with Crippen LogP contribution in [0.15, 0.2) is 0 Å². The summed E-state index contributed by atoms with van der Waals surface area (Å²) in [6.45, 7) is 15.2. The van der Waals surface area contributed by atoms with E-state index in [1.165, 1.54) is 6.92 Å². The first-order valence-corrected chi connectivity index (χ1v) is 21.3. The maximum Gasteiger partial charge on any atom is 0.187 e. The molecule has 7 rings (SSSR count). The first kappa shape index (κ1) is 43.5. The fraction of sp³-hybridized carbons (Fsp3) is 1.00. The molecule has 2 saturated heterocycles. The van der Waals surface area contributed by atoms with Gasteiger partial charge in [0.2, 0.25) is 0 Å². The Morgan fingerprint density at radius 1 is 0.768 bits per heavy atom. The Bertz CT molecular complexity index is 1430. The molecule has 0 radical (unpaired) electrons. The lowest BCUT2D eigenvalue weighted by Gasteiger charge is -2.64. The number of rotatable bonds is 10. The summed E-state index contributed by atoms with van der Waals surface area (Å²) in [5.74, 6) is 0.194. The Morgan fingerprint density at radius 3 is 2.09 bits per heavy atom. The minimum absolute atomic E-state index is 0.00186. The largest absolute Gasteiger partial charge is 0.394 e. The molecule has 0 unspecified atom stereocenters. The summed E-state index contributed by atoms with van der Waals surface area (Å²) in [6.07, 6.45) is -9.80. The summed E-state index contributed by atoms with van der Waals surface area (Å²) in [4.78, 5) is 0. The van der Waals surface area contributed by atoms with Gasteiger partial charge in [0.05, 0.1) is 42.7 Å². The van der Waals surface area contributed by atoms with Crippen molar-refractivity contribution >= 4 is 0 Å². The van der Waals surface area contributed by atoms with Gasteiger partial charge in [0.1, 0.15) is 42.7 Å². The third-order valence-electron chi connectivity index (χ3n) is 17.6. The minimum Gasteiger partial charge on any atom is -0.394 e. The van der Waals surface area contributed by atoms with Crippen LogP contribution in [0.1, 0.15) is 113 Å². The van der Waals surface area contributed by atoms with Gasteiger partial charge in [-0.15, -0.1) is 0 Å². The molecule has 0 aromatic heterocycles. The highest BCUT2D eigenvalue weighted by atomic mass is 16.8. The van der Waals surface area contributed by atoms with Gasteiger partial charge in [0.25, 0.3) is 0 Å². The molecular weight excluding hydrogens is 728 g/mol. The number of aliphatic hydroxyl groups excluding tert-OH is 9. The summed E-state index contributed by atoms with van der Waals surface area (Å²) in [7, 11) is 0. The van der Waals surface area contributed by atoms with Crippen LogP contribution in [0.4, 0.5) is 0 Å². The molecule has 0 bridgehead atoms. The Labute approximate surface area is 331 Å². The van der Waals surface area contributed by atoms with E-state index in [4.69, 9.17) is 18.9 Å². The zero-order valence-corrected chi connectivity index (χ0v) is 34.6. The zero-order valence-electron chi connectivity index (χ0n) is 34.6. The average Bonchev–Trinajstić information content (AvgIpc) is 3.71. The van der Waals surface area contributed by atoms with Gasteiger partial charge in [-0.2, -0.15) is 0 Å². The highest BCUT2D eigenvalue weighted by Gasteiger charge is 2.84. The van der Waals surface area contributed by atoms with Crippen molar-refractivity contribution in [1.82, 2.24) is 0 Å². The van der Waals surface area contributed by atoms with E-state index in [-0.39, 0.29) is 45.3 Å². The van der Waals surface area contributed by atoms with E-state index in [1.54, 1.807) is 13.8 Å². The first-order chi connectivity index (χ1) is 25.9. The van der Waals surface area contributed by atoms with E-state index in [0.29, 0.717) is 32.1 Å². The highest BCUT2D eigenvalue weighted by Crippen LogP contribution is 2.89. The summed E-state index contributed by atoms with van der Waals surface area (Å²) >= 11 is 0. The van der Waals surface area contributed by atoms with Crippen LogP contribution in [-0.2, 0) is 18.9 Å². The van der Waals surface area contributed by atoms with Crippen LogP contribution in [0.25, 0.3) is 0 Å².